The first-order chi connectivity index (χ1) is 16.1. The fraction of sp³-hybridized carbons (Fsp3) is 0.231. The van der Waals surface area contributed by atoms with Crippen LogP contribution < -0.4 is 5.32 Å². The van der Waals surface area contributed by atoms with E-state index in [0.29, 0.717) is 30.8 Å². The summed E-state index contributed by atoms with van der Waals surface area (Å²) >= 11 is 0. The van der Waals surface area contributed by atoms with Crippen molar-refractivity contribution in [2.75, 3.05) is 26.4 Å². The third-order valence-corrected chi connectivity index (χ3v) is 6.25. The smallest absolute Gasteiger partial charge is 0.326 e. The van der Waals surface area contributed by atoms with E-state index < -0.39 is 11.6 Å². The molecule has 7 heteroatoms. The molecule has 1 N–H and O–H groups in total. The highest BCUT2D eigenvalue weighted by molar-refractivity contribution is 6.09. The van der Waals surface area contributed by atoms with Gasteiger partial charge >= 0.3 is 6.03 Å². The SMILES string of the molecule is O=C1NC(c2ccccc2)(c2ccccc2)C(=O)N1CN1CCO[C@H](c2ccc(F)cc2)C1. The van der Waals surface area contributed by atoms with E-state index in [9.17, 15) is 14.0 Å². The second-order valence-electron chi connectivity index (χ2n) is 8.27. The number of ether oxygens (including phenoxy) is 1. The molecule has 3 amide bonds. The lowest BCUT2D eigenvalue weighted by Crippen LogP contribution is -2.48. The van der Waals surface area contributed by atoms with E-state index in [-0.39, 0.29) is 24.5 Å². The number of carbonyl (C=O) groups excluding carboxylic acids is 2. The van der Waals surface area contributed by atoms with Crippen LogP contribution in [-0.4, -0.2) is 48.1 Å². The van der Waals surface area contributed by atoms with Crippen molar-refractivity contribution in [2.24, 2.45) is 0 Å². The molecule has 0 bridgehead atoms. The molecule has 2 aliphatic heterocycles. The van der Waals surface area contributed by atoms with Crippen LogP contribution in [-0.2, 0) is 15.1 Å². The van der Waals surface area contributed by atoms with Crippen molar-refractivity contribution in [3.05, 3.63) is 107 Å². The summed E-state index contributed by atoms with van der Waals surface area (Å²) in [6, 6.07) is 24.4. The van der Waals surface area contributed by atoms with Gasteiger partial charge in [0.25, 0.3) is 5.91 Å². The third-order valence-electron chi connectivity index (χ3n) is 6.25. The van der Waals surface area contributed by atoms with E-state index in [1.807, 2.05) is 65.6 Å². The molecular formula is C26H24FN3O3. The maximum Gasteiger partial charge on any atom is 0.326 e. The van der Waals surface area contributed by atoms with Crippen molar-refractivity contribution in [1.82, 2.24) is 15.1 Å². The number of rotatable bonds is 5. The van der Waals surface area contributed by atoms with E-state index in [2.05, 4.69) is 5.32 Å². The normalized spacial score (nSPS) is 20.6. The summed E-state index contributed by atoms with van der Waals surface area (Å²) in [5, 5.41) is 2.98. The second kappa shape index (κ2) is 8.77. The van der Waals surface area contributed by atoms with Gasteiger partial charge in [-0.15, -0.1) is 0 Å². The predicted octanol–water partition coefficient (Wildman–Crippen LogP) is 3.65. The molecular weight excluding hydrogens is 421 g/mol. The molecule has 5 rings (SSSR count). The van der Waals surface area contributed by atoms with Gasteiger partial charge in [0.2, 0.25) is 0 Å². The molecule has 2 saturated heterocycles. The van der Waals surface area contributed by atoms with Crippen LogP contribution in [0.4, 0.5) is 9.18 Å². The molecule has 3 aromatic rings. The molecule has 0 spiro atoms. The van der Waals surface area contributed by atoms with Gasteiger partial charge in [0.15, 0.2) is 5.54 Å². The maximum atomic E-state index is 13.8. The molecule has 6 nitrogen and oxygen atoms in total. The monoisotopic (exact) mass is 445 g/mol. The number of amides is 3. The zero-order chi connectivity index (χ0) is 22.8. The number of nitrogens with one attached hydrogen (secondary N) is 1. The Labute approximate surface area is 191 Å². The summed E-state index contributed by atoms with van der Waals surface area (Å²) in [6.07, 6.45) is -0.256. The minimum Gasteiger partial charge on any atom is -0.371 e. The van der Waals surface area contributed by atoms with Gasteiger partial charge in [-0.05, 0) is 28.8 Å². The first-order valence-corrected chi connectivity index (χ1v) is 10.9. The number of morpholine rings is 1. The fourth-order valence-corrected chi connectivity index (χ4v) is 4.55. The van der Waals surface area contributed by atoms with Crippen LogP contribution in [0.5, 0.6) is 0 Å². The van der Waals surface area contributed by atoms with Crippen molar-refractivity contribution >= 4 is 11.9 Å². The highest BCUT2D eigenvalue weighted by Crippen LogP contribution is 2.36. The highest BCUT2D eigenvalue weighted by atomic mass is 19.1. The Morgan fingerprint density at radius 3 is 2.12 bits per heavy atom. The maximum absolute atomic E-state index is 13.8. The molecule has 2 fully saturated rings. The van der Waals surface area contributed by atoms with Gasteiger partial charge in [0.05, 0.1) is 19.4 Å². The van der Waals surface area contributed by atoms with E-state index >= 15 is 0 Å². The number of imide groups is 1. The lowest BCUT2D eigenvalue weighted by Gasteiger charge is -2.35. The Morgan fingerprint density at radius 1 is 0.909 bits per heavy atom. The summed E-state index contributed by atoms with van der Waals surface area (Å²) in [4.78, 5) is 30.2. The van der Waals surface area contributed by atoms with Crippen molar-refractivity contribution in [2.45, 2.75) is 11.6 Å². The largest absolute Gasteiger partial charge is 0.371 e. The van der Waals surface area contributed by atoms with Crippen LogP contribution in [0.25, 0.3) is 0 Å². The third kappa shape index (κ3) is 3.90. The number of benzene rings is 3. The van der Waals surface area contributed by atoms with Gasteiger partial charge in [-0.1, -0.05) is 72.8 Å². The van der Waals surface area contributed by atoms with Crippen LogP contribution in [0.2, 0.25) is 0 Å². The number of carbonyl (C=O) groups is 2. The summed E-state index contributed by atoms with van der Waals surface area (Å²) in [5.41, 5.74) is 1.01. The van der Waals surface area contributed by atoms with Gasteiger partial charge in [0, 0.05) is 13.1 Å². The Balaban J connectivity index is 1.41. The van der Waals surface area contributed by atoms with Crippen LogP contribution in [0.3, 0.4) is 0 Å². The molecule has 0 radical (unpaired) electrons. The summed E-state index contributed by atoms with van der Waals surface area (Å²) in [7, 11) is 0. The average Bonchev–Trinajstić information content (AvgIpc) is 3.11. The van der Waals surface area contributed by atoms with Crippen LogP contribution >= 0.6 is 0 Å². The Kier molecular flexibility index (Phi) is 5.66. The van der Waals surface area contributed by atoms with Crippen molar-refractivity contribution in [3.8, 4) is 0 Å². The van der Waals surface area contributed by atoms with E-state index in [1.165, 1.54) is 17.0 Å². The van der Waals surface area contributed by atoms with Crippen molar-refractivity contribution < 1.29 is 18.7 Å². The predicted molar refractivity (Wildman–Crippen MR) is 121 cm³/mol. The number of urea groups is 1. The number of hydrogen-bond acceptors (Lipinski definition) is 4. The second-order valence-corrected chi connectivity index (χ2v) is 8.27. The highest BCUT2D eigenvalue weighted by Gasteiger charge is 2.54. The molecule has 0 unspecified atom stereocenters. The number of nitrogens with zero attached hydrogens (tertiary/aromatic N) is 2. The first kappa shape index (κ1) is 21.3. The zero-order valence-corrected chi connectivity index (χ0v) is 18.0. The van der Waals surface area contributed by atoms with E-state index in [1.54, 1.807) is 12.1 Å². The Morgan fingerprint density at radius 2 is 1.52 bits per heavy atom. The van der Waals surface area contributed by atoms with Crippen LogP contribution in [0.1, 0.15) is 22.8 Å². The average molecular weight is 445 g/mol. The molecule has 2 aliphatic rings. The number of hydrogen-bond donors (Lipinski definition) is 1. The molecule has 0 saturated carbocycles. The minimum absolute atomic E-state index is 0.146. The van der Waals surface area contributed by atoms with Gasteiger partial charge < -0.3 is 10.1 Å². The van der Waals surface area contributed by atoms with Crippen molar-refractivity contribution in [1.29, 1.82) is 0 Å². The molecule has 168 valence electrons. The standard InChI is InChI=1S/C26H24FN3O3/c27-22-13-11-19(12-14-22)23-17-29(15-16-33-23)18-30-24(31)26(28-25(30)32,20-7-3-1-4-8-20)21-9-5-2-6-10-21/h1-14,23H,15-18H2,(H,28,32)/t23-/m0/s1. The van der Waals surface area contributed by atoms with Crippen LogP contribution in [0, 0.1) is 5.82 Å². The topological polar surface area (TPSA) is 61.9 Å². The summed E-state index contributed by atoms with van der Waals surface area (Å²) in [5.74, 6) is -0.612. The van der Waals surface area contributed by atoms with Gasteiger partial charge in [-0.25, -0.2) is 14.1 Å². The van der Waals surface area contributed by atoms with Crippen LogP contribution in [0.15, 0.2) is 84.9 Å². The first-order valence-electron chi connectivity index (χ1n) is 10.9. The molecule has 0 aliphatic carbocycles. The van der Waals surface area contributed by atoms with E-state index in [0.717, 1.165) is 5.56 Å². The Bertz CT molecular complexity index is 1100. The minimum atomic E-state index is -1.28. The molecule has 0 aromatic heterocycles. The van der Waals surface area contributed by atoms with E-state index in [4.69, 9.17) is 4.74 Å². The lowest BCUT2D eigenvalue weighted by molar-refractivity contribution is -0.133. The summed E-state index contributed by atoms with van der Waals surface area (Å²) < 4.78 is 19.2. The molecule has 2 heterocycles. The van der Waals surface area contributed by atoms with Crippen molar-refractivity contribution in [3.63, 3.8) is 0 Å². The van der Waals surface area contributed by atoms with Gasteiger partial charge in [-0.3, -0.25) is 9.69 Å². The lowest BCUT2D eigenvalue weighted by atomic mass is 9.83. The molecule has 3 aromatic carbocycles. The molecule has 33 heavy (non-hydrogen) atoms. The number of halogens is 1. The fourth-order valence-electron chi connectivity index (χ4n) is 4.55. The summed E-state index contributed by atoms with van der Waals surface area (Å²) in [6.45, 7) is 1.67. The quantitative estimate of drug-likeness (QED) is 0.609. The zero-order valence-electron chi connectivity index (χ0n) is 18.0. The van der Waals surface area contributed by atoms with Gasteiger partial charge in [-0.2, -0.15) is 0 Å². The van der Waals surface area contributed by atoms with Gasteiger partial charge in [0.1, 0.15) is 5.82 Å². The molecule has 1 atom stereocenters. The Hall–Kier alpha value is -3.55.